The van der Waals surface area contributed by atoms with Crippen LogP contribution in [0.1, 0.15) is 10.4 Å². The highest BCUT2D eigenvalue weighted by Crippen LogP contribution is 2.31. The van der Waals surface area contributed by atoms with Gasteiger partial charge in [-0.3, -0.25) is 14.9 Å². The first-order valence-corrected chi connectivity index (χ1v) is 5.30. The third-order valence-electron chi connectivity index (χ3n) is 1.68. The van der Waals surface area contributed by atoms with Crippen molar-refractivity contribution >= 4 is 52.2 Å². The maximum Gasteiger partial charge on any atom is 0.433 e. The van der Waals surface area contributed by atoms with Gasteiger partial charge < -0.3 is 0 Å². The fourth-order valence-electron chi connectivity index (χ4n) is 0.919. The zero-order valence-corrected chi connectivity index (χ0v) is 10.4. The Morgan fingerprint density at radius 2 is 1.88 bits per heavy atom. The van der Waals surface area contributed by atoms with Crippen LogP contribution in [0.4, 0.5) is 0 Å². The van der Waals surface area contributed by atoms with Gasteiger partial charge in [0.1, 0.15) is 0 Å². The van der Waals surface area contributed by atoms with Gasteiger partial charge >= 0.3 is 4.46 Å². The minimum Gasteiger partial charge on any atom is -0.283 e. The summed E-state index contributed by atoms with van der Waals surface area (Å²) in [6.45, 7) is 0. The number of halogens is 4. The largest absolute Gasteiger partial charge is 0.433 e. The van der Waals surface area contributed by atoms with Gasteiger partial charge in [-0.2, -0.15) is 0 Å². The molecule has 0 bridgehead atoms. The van der Waals surface area contributed by atoms with Crippen LogP contribution in [0, 0.1) is 10.1 Å². The van der Waals surface area contributed by atoms with Gasteiger partial charge in [0.25, 0.3) is 5.78 Å². The average Bonchev–Trinajstić information content (AvgIpc) is 2.16. The zero-order chi connectivity index (χ0) is 12.5. The fraction of sp³-hybridized carbons (Fsp3) is 0.125. The van der Waals surface area contributed by atoms with Gasteiger partial charge in [0.2, 0.25) is 0 Å². The molecule has 8 heteroatoms. The fourth-order valence-corrected chi connectivity index (χ4v) is 1.62. The smallest absolute Gasteiger partial charge is 0.283 e. The summed E-state index contributed by atoms with van der Waals surface area (Å²) in [6.07, 6.45) is 0. The third kappa shape index (κ3) is 2.58. The Hall–Kier alpha value is -0.550. The number of ketones is 1. The Morgan fingerprint density at radius 1 is 1.31 bits per heavy atom. The summed E-state index contributed by atoms with van der Waals surface area (Å²) in [5.41, 5.74) is -0.159. The highest BCUT2D eigenvalue weighted by atomic mass is 35.5. The van der Waals surface area contributed by atoms with Crippen LogP contribution in [0.5, 0.6) is 0 Å². The summed E-state index contributed by atoms with van der Waals surface area (Å²) in [6, 6.07) is 3.83. The Bertz CT molecular complexity index is 461. The zero-order valence-electron chi connectivity index (χ0n) is 7.42. The highest BCUT2D eigenvalue weighted by molar-refractivity contribution is 6.59. The number of alkyl halides is 2. The van der Waals surface area contributed by atoms with E-state index in [1.54, 1.807) is 0 Å². The summed E-state index contributed by atoms with van der Waals surface area (Å²) in [4.78, 5) is 21.0. The number of hydrogen-bond donors (Lipinski definition) is 0. The predicted molar refractivity (Wildman–Crippen MR) is 62.2 cm³/mol. The third-order valence-corrected chi connectivity index (χ3v) is 2.85. The van der Waals surface area contributed by atoms with Gasteiger partial charge in [-0.05, 0) is 41.4 Å². The van der Waals surface area contributed by atoms with E-state index in [0.29, 0.717) is 0 Å². The molecule has 0 unspecified atom stereocenters. The Kier molecular flexibility index (Phi) is 4.02. The maximum atomic E-state index is 11.6. The summed E-state index contributed by atoms with van der Waals surface area (Å²) >= 11 is 21.9. The van der Waals surface area contributed by atoms with Crippen molar-refractivity contribution in [2.45, 2.75) is 4.46 Å². The molecule has 0 radical (unpaired) electrons. The second-order valence-electron chi connectivity index (χ2n) is 2.75. The van der Waals surface area contributed by atoms with Crippen LogP contribution in [0.15, 0.2) is 18.2 Å². The highest BCUT2D eigenvalue weighted by Gasteiger charge is 2.48. The Balaban J connectivity index is 3.20. The molecule has 4 nitrogen and oxygen atoms in total. The first-order valence-electron chi connectivity index (χ1n) is 3.79. The number of Topliss-reactive ketones (excluding diaryl/α,β-unsaturated/α-hetero) is 1. The van der Waals surface area contributed by atoms with Crippen LogP contribution < -0.4 is 0 Å². The molecular weight excluding hydrogens is 300 g/mol. The number of carbonyl (C=O) groups is 1. The molecule has 0 atom stereocenters. The van der Waals surface area contributed by atoms with E-state index in [9.17, 15) is 14.9 Å². The second kappa shape index (κ2) is 4.75. The lowest BCUT2D eigenvalue weighted by Crippen LogP contribution is -2.35. The lowest BCUT2D eigenvalue weighted by molar-refractivity contribution is -0.498. The SMILES string of the molecule is O=C(c1ccc(Cl)cc1Cl)C(Cl)(Cl)[N+](=O)[O-]. The molecule has 0 fully saturated rings. The molecule has 0 amide bonds. The van der Waals surface area contributed by atoms with E-state index in [-0.39, 0.29) is 15.6 Å². The van der Waals surface area contributed by atoms with Crippen molar-refractivity contribution < 1.29 is 9.72 Å². The molecule has 16 heavy (non-hydrogen) atoms. The normalized spacial score (nSPS) is 11.2. The molecule has 1 aromatic carbocycles. The van der Waals surface area contributed by atoms with E-state index in [4.69, 9.17) is 46.4 Å². The van der Waals surface area contributed by atoms with Crippen LogP contribution in [0.25, 0.3) is 0 Å². The van der Waals surface area contributed by atoms with Crippen LogP contribution in [-0.2, 0) is 0 Å². The summed E-state index contributed by atoms with van der Waals surface area (Å²) in [5.74, 6) is -1.11. The van der Waals surface area contributed by atoms with Gasteiger partial charge in [-0.1, -0.05) is 23.2 Å². The molecule has 0 saturated carbocycles. The molecule has 0 aliphatic heterocycles. The Morgan fingerprint density at radius 3 is 2.31 bits per heavy atom. The van der Waals surface area contributed by atoms with Crippen molar-refractivity contribution in [3.8, 4) is 0 Å². The maximum absolute atomic E-state index is 11.6. The summed E-state index contributed by atoms with van der Waals surface area (Å²) in [5, 5.41) is 10.7. The van der Waals surface area contributed by atoms with E-state index >= 15 is 0 Å². The number of benzene rings is 1. The quantitative estimate of drug-likeness (QED) is 0.282. The number of nitrogens with zero attached hydrogens (tertiary/aromatic N) is 1. The summed E-state index contributed by atoms with van der Waals surface area (Å²) < 4.78 is -2.75. The monoisotopic (exact) mass is 301 g/mol. The van der Waals surface area contributed by atoms with E-state index in [2.05, 4.69) is 0 Å². The molecule has 0 heterocycles. The first-order chi connectivity index (χ1) is 7.26. The van der Waals surface area contributed by atoms with Crippen LogP contribution in [0.2, 0.25) is 10.0 Å². The van der Waals surface area contributed by atoms with E-state index < -0.39 is 15.2 Å². The Labute approximate surface area is 110 Å². The molecule has 0 spiro atoms. The van der Waals surface area contributed by atoms with Crippen molar-refractivity contribution in [1.82, 2.24) is 0 Å². The van der Waals surface area contributed by atoms with E-state index in [1.165, 1.54) is 18.2 Å². The first kappa shape index (κ1) is 13.5. The molecule has 0 aliphatic carbocycles. The molecule has 0 aliphatic rings. The van der Waals surface area contributed by atoms with E-state index in [0.717, 1.165) is 0 Å². The van der Waals surface area contributed by atoms with Crippen molar-refractivity contribution in [2.75, 3.05) is 0 Å². The molecule has 86 valence electrons. The molecular formula is C8H3Cl4NO3. The minimum absolute atomic E-state index is 0.0509. The lowest BCUT2D eigenvalue weighted by Gasteiger charge is -2.10. The molecule has 0 N–H and O–H groups in total. The molecule has 0 saturated heterocycles. The van der Waals surface area contributed by atoms with Crippen molar-refractivity contribution in [3.63, 3.8) is 0 Å². The topological polar surface area (TPSA) is 60.2 Å². The van der Waals surface area contributed by atoms with Gasteiger partial charge in [-0.15, -0.1) is 0 Å². The standard InChI is InChI=1S/C8H3Cl4NO3/c9-4-1-2-5(6(10)3-4)7(14)8(11,12)13(15)16/h1-3H. The van der Waals surface area contributed by atoms with Gasteiger partial charge in [0.15, 0.2) is 0 Å². The predicted octanol–water partition coefficient (Wildman–Crippen LogP) is 3.58. The van der Waals surface area contributed by atoms with Crippen molar-refractivity contribution in [3.05, 3.63) is 43.9 Å². The van der Waals surface area contributed by atoms with Crippen molar-refractivity contribution in [2.24, 2.45) is 0 Å². The lowest BCUT2D eigenvalue weighted by atomic mass is 10.1. The van der Waals surface area contributed by atoms with Crippen LogP contribution in [0.3, 0.4) is 0 Å². The van der Waals surface area contributed by atoms with Crippen LogP contribution >= 0.6 is 46.4 Å². The van der Waals surface area contributed by atoms with Crippen molar-refractivity contribution in [1.29, 1.82) is 0 Å². The number of hydrogen-bond acceptors (Lipinski definition) is 3. The number of carbonyl (C=O) groups excluding carboxylic acids is 1. The van der Waals surface area contributed by atoms with E-state index in [1.807, 2.05) is 0 Å². The molecule has 1 aromatic rings. The van der Waals surface area contributed by atoms with Gasteiger partial charge in [0.05, 0.1) is 9.95 Å². The molecule has 0 aromatic heterocycles. The number of nitro groups is 1. The van der Waals surface area contributed by atoms with Crippen LogP contribution in [-0.4, -0.2) is 15.2 Å². The molecule has 1 rings (SSSR count). The van der Waals surface area contributed by atoms with Gasteiger partial charge in [-0.25, -0.2) is 0 Å². The second-order valence-corrected chi connectivity index (χ2v) is 4.88. The number of rotatable bonds is 3. The summed E-state index contributed by atoms with van der Waals surface area (Å²) in [7, 11) is 0. The average molecular weight is 303 g/mol. The van der Waals surface area contributed by atoms with Gasteiger partial charge in [0, 0.05) is 10.6 Å². The minimum atomic E-state index is -2.75.